The minimum atomic E-state index is -0.414. The van der Waals surface area contributed by atoms with E-state index in [1.807, 2.05) is 64.9 Å². The monoisotopic (exact) mass is 465 g/mol. The van der Waals surface area contributed by atoms with E-state index in [2.05, 4.69) is 17.9 Å². The van der Waals surface area contributed by atoms with Crippen LogP contribution in [0.3, 0.4) is 0 Å². The molecule has 0 saturated carbocycles. The molecule has 0 spiro atoms. The van der Waals surface area contributed by atoms with Crippen molar-refractivity contribution in [1.29, 1.82) is 5.26 Å². The van der Waals surface area contributed by atoms with Gasteiger partial charge in [-0.1, -0.05) is 54.3 Å². The average molecular weight is 466 g/mol. The Morgan fingerprint density at radius 1 is 0.941 bits per heavy atom. The third kappa shape index (κ3) is 4.18. The molecule has 2 heterocycles. The third-order valence-corrected chi connectivity index (χ3v) is 6.86. The Bertz CT molecular complexity index is 1380. The lowest BCUT2D eigenvalue weighted by atomic mass is 9.76. The van der Waals surface area contributed by atoms with Gasteiger partial charge in [0.1, 0.15) is 11.9 Å². The van der Waals surface area contributed by atoms with Crippen molar-refractivity contribution in [2.75, 3.05) is 11.5 Å². The minimum Gasteiger partial charge on any atom is -0.394 e. The van der Waals surface area contributed by atoms with Crippen molar-refractivity contribution in [2.45, 2.75) is 18.0 Å². The van der Waals surface area contributed by atoms with Crippen LogP contribution in [0.2, 0.25) is 0 Å². The van der Waals surface area contributed by atoms with E-state index in [1.165, 1.54) is 23.5 Å². The molecule has 1 fully saturated rings. The Morgan fingerprint density at radius 3 is 2.21 bits per heavy atom. The van der Waals surface area contributed by atoms with Gasteiger partial charge in [0, 0.05) is 28.0 Å². The SMILES string of the molecule is N#C[C@@H]1[C@H](c2ccc(C#Cc3ccc(F)cc3)cc2)[C@@H](CO)N1c1nc(-c2ccccc2)cs1. The molecule has 1 aliphatic heterocycles. The summed E-state index contributed by atoms with van der Waals surface area (Å²) in [7, 11) is 0. The van der Waals surface area contributed by atoms with Gasteiger partial charge in [-0.2, -0.15) is 5.26 Å². The first kappa shape index (κ1) is 21.9. The van der Waals surface area contributed by atoms with E-state index >= 15 is 0 Å². The molecule has 1 aromatic heterocycles. The van der Waals surface area contributed by atoms with Crippen LogP contribution in [-0.2, 0) is 0 Å². The van der Waals surface area contributed by atoms with E-state index in [-0.39, 0.29) is 24.4 Å². The predicted octanol–water partition coefficient (Wildman–Crippen LogP) is 5.21. The van der Waals surface area contributed by atoms with Crippen LogP contribution in [0.25, 0.3) is 11.3 Å². The zero-order valence-corrected chi connectivity index (χ0v) is 18.9. The van der Waals surface area contributed by atoms with Crippen LogP contribution in [0.1, 0.15) is 22.6 Å². The van der Waals surface area contributed by atoms with Crippen LogP contribution in [0, 0.1) is 29.0 Å². The lowest BCUT2D eigenvalue weighted by molar-refractivity contribution is 0.187. The highest BCUT2D eigenvalue weighted by Gasteiger charge is 2.50. The highest BCUT2D eigenvalue weighted by molar-refractivity contribution is 7.14. The van der Waals surface area contributed by atoms with Crippen LogP contribution in [0.4, 0.5) is 9.52 Å². The highest BCUT2D eigenvalue weighted by atomic mass is 32.1. The highest BCUT2D eigenvalue weighted by Crippen LogP contribution is 2.45. The number of aliphatic hydroxyl groups excluding tert-OH is 1. The van der Waals surface area contributed by atoms with Gasteiger partial charge < -0.3 is 10.0 Å². The molecule has 34 heavy (non-hydrogen) atoms. The summed E-state index contributed by atoms with van der Waals surface area (Å²) in [5.41, 5.74) is 4.43. The molecule has 5 rings (SSSR count). The number of aliphatic hydroxyl groups is 1. The van der Waals surface area contributed by atoms with Gasteiger partial charge in [-0.15, -0.1) is 11.3 Å². The van der Waals surface area contributed by atoms with E-state index in [1.54, 1.807) is 12.1 Å². The molecule has 0 bridgehead atoms. The van der Waals surface area contributed by atoms with Crippen LogP contribution >= 0.6 is 11.3 Å². The van der Waals surface area contributed by atoms with E-state index in [0.29, 0.717) is 0 Å². The largest absolute Gasteiger partial charge is 0.394 e. The fraction of sp³-hybridized carbons (Fsp3) is 0.143. The van der Waals surface area contributed by atoms with Gasteiger partial charge in [-0.25, -0.2) is 9.37 Å². The van der Waals surface area contributed by atoms with E-state index in [9.17, 15) is 14.8 Å². The van der Waals surface area contributed by atoms with Crippen LogP contribution in [0.5, 0.6) is 0 Å². The number of hydrogen-bond acceptors (Lipinski definition) is 5. The number of thiazole rings is 1. The summed E-state index contributed by atoms with van der Waals surface area (Å²) >= 11 is 1.48. The molecule has 4 aromatic rings. The van der Waals surface area contributed by atoms with Gasteiger partial charge in [0.15, 0.2) is 5.13 Å². The van der Waals surface area contributed by atoms with Crippen molar-refractivity contribution in [3.8, 4) is 29.2 Å². The molecule has 0 radical (unpaired) electrons. The fourth-order valence-corrected chi connectivity index (χ4v) is 5.19. The Labute approximate surface area is 201 Å². The second kappa shape index (κ2) is 9.49. The molecule has 0 amide bonds. The van der Waals surface area contributed by atoms with E-state index in [4.69, 9.17) is 4.98 Å². The summed E-state index contributed by atoms with van der Waals surface area (Å²) in [5.74, 6) is 5.69. The number of halogens is 1. The molecule has 1 N–H and O–H groups in total. The Kier molecular flexibility index (Phi) is 6.10. The number of nitrogens with zero attached hydrogens (tertiary/aromatic N) is 3. The summed E-state index contributed by atoms with van der Waals surface area (Å²) in [6.07, 6.45) is 0. The maximum atomic E-state index is 13.1. The smallest absolute Gasteiger partial charge is 0.187 e. The Hall–Kier alpha value is -3.97. The van der Waals surface area contributed by atoms with E-state index < -0.39 is 6.04 Å². The fourth-order valence-electron chi connectivity index (χ4n) is 4.26. The second-order valence-corrected chi connectivity index (χ2v) is 8.85. The normalized spacial score (nSPS) is 19.0. The molecule has 166 valence electrons. The van der Waals surface area contributed by atoms with Crippen LogP contribution in [0.15, 0.2) is 84.2 Å². The van der Waals surface area contributed by atoms with Crippen LogP contribution in [-0.4, -0.2) is 28.8 Å². The quantitative estimate of drug-likeness (QED) is 0.421. The number of hydrogen-bond donors (Lipinski definition) is 1. The number of aromatic nitrogens is 1. The number of anilines is 1. The van der Waals surface area contributed by atoms with Crippen molar-refractivity contribution in [2.24, 2.45) is 0 Å². The molecule has 1 saturated heterocycles. The van der Waals surface area contributed by atoms with E-state index in [0.717, 1.165) is 33.1 Å². The minimum absolute atomic E-state index is 0.0742. The molecular weight excluding hydrogens is 445 g/mol. The standard InChI is InChI=1S/C28H20FN3OS/c29-23-14-10-20(11-15-23)7-6-19-8-12-22(13-9-19)27-25(16-30)32(26(27)17-33)28-31-24(18-34-28)21-4-2-1-3-5-21/h1-5,8-15,18,25-27,33H,17H2/t25-,26-,27+/m1/s1. The Morgan fingerprint density at radius 2 is 1.59 bits per heavy atom. The second-order valence-electron chi connectivity index (χ2n) is 8.02. The van der Waals surface area contributed by atoms with Crippen molar-refractivity contribution in [3.05, 3.63) is 107 Å². The molecule has 4 nitrogen and oxygen atoms in total. The van der Waals surface area contributed by atoms with Gasteiger partial charge in [-0.3, -0.25) is 0 Å². The van der Waals surface area contributed by atoms with Gasteiger partial charge >= 0.3 is 0 Å². The molecule has 1 aliphatic rings. The van der Waals surface area contributed by atoms with Crippen molar-refractivity contribution in [1.82, 2.24) is 4.98 Å². The third-order valence-electron chi connectivity index (χ3n) is 6.00. The van der Waals surface area contributed by atoms with Crippen LogP contribution < -0.4 is 4.90 Å². The molecule has 3 atom stereocenters. The summed E-state index contributed by atoms with van der Waals surface area (Å²) < 4.78 is 13.1. The topological polar surface area (TPSA) is 60.1 Å². The maximum absolute atomic E-state index is 13.1. The van der Waals surface area contributed by atoms with Crippen molar-refractivity contribution in [3.63, 3.8) is 0 Å². The average Bonchev–Trinajstić information content (AvgIpc) is 3.34. The predicted molar refractivity (Wildman–Crippen MR) is 132 cm³/mol. The number of nitriles is 1. The maximum Gasteiger partial charge on any atom is 0.187 e. The lowest BCUT2D eigenvalue weighted by Gasteiger charge is -2.51. The van der Waals surface area contributed by atoms with Gasteiger partial charge in [0.05, 0.1) is 24.4 Å². The zero-order valence-electron chi connectivity index (χ0n) is 18.1. The first-order chi connectivity index (χ1) is 16.7. The molecular formula is C28H20FN3OS. The molecule has 0 aliphatic carbocycles. The zero-order chi connectivity index (χ0) is 23.5. The molecule has 3 aromatic carbocycles. The van der Waals surface area contributed by atoms with Gasteiger partial charge in [0.25, 0.3) is 0 Å². The number of rotatable bonds is 4. The Balaban J connectivity index is 1.35. The van der Waals surface area contributed by atoms with Crippen molar-refractivity contribution < 1.29 is 9.50 Å². The van der Waals surface area contributed by atoms with Gasteiger partial charge in [-0.05, 0) is 42.0 Å². The number of benzene rings is 3. The first-order valence-corrected chi connectivity index (χ1v) is 11.7. The summed E-state index contributed by atoms with van der Waals surface area (Å²) in [6.45, 7) is -0.0742. The molecule has 0 unspecified atom stereocenters. The molecule has 6 heteroatoms. The first-order valence-electron chi connectivity index (χ1n) is 10.9. The summed E-state index contributed by atoms with van der Waals surface area (Å²) in [4.78, 5) is 6.66. The summed E-state index contributed by atoms with van der Waals surface area (Å²) in [6, 6.07) is 25.5. The summed E-state index contributed by atoms with van der Waals surface area (Å²) in [5, 5.41) is 22.8. The van der Waals surface area contributed by atoms with Gasteiger partial charge in [0.2, 0.25) is 0 Å². The lowest BCUT2D eigenvalue weighted by Crippen LogP contribution is -2.63. The van der Waals surface area contributed by atoms with Crippen molar-refractivity contribution >= 4 is 16.5 Å².